The lowest BCUT2D eigenvalue weighted by Gasteiger charge is -2.18. The lowest BCUT2D eigenvalue weighted by molar-refractivity contribution is 0.0922. The molecule has 3 rings (SSSR count). The Morgan fingerprint density at radius 2 is 2.00 bits per heavy atom. The van der Waals surface area contributed by atoms with E-state index in [-0.39, 0.29) is 23.2 Å². The molecule has 1 amide bonds. The number of amides is 1. The monoisotopic (exact) mass is 339 g/mol. The first-order chi connectivity index (χ1) is 11.9. The molecule has 3 aromatic rings. The van der Waals surface area contributed by atoms with E-state index in [4.69, 9.17) is 0 Å². The van der Waals surface area contributed by atoms with Gasteiger partial charge in [-0.15, -0.1) is 0 Å². The van der Waals surface area contributed by atoms with Crippen molar-refractivity contribution in [3.63, 3.8) is 0 Å². The van der Waals surface area contributed by atoms with Gasteiger partial charge in [-0.1, -0.05) is 26.0 Å². The topological polar surface area (TPSA) is 92.7 Å². The van der Waals surface area contributed by atoms with Crippen LogP contribution in [-0.2, 0) is 7.05 Å². The second kappa shape index (κ2) is 6.88. The van der Waals surface area contributed by atoms with Crippen molar-refractivity contribution >= 4 is 16.9 Å². The number of hydrogen-bond acceptors (Lipinski definition) is 4. The molecule has 2 aromatic heterocycles. The molecule has 0 saturated carbocycles. The first kappa shape index (κ1) is 16.9. The molecule has 7 nitrogen and oxygen atoms in total. The highest BCUT2D eigenvalue weighted by Gasteiger charge is 2.21. The minimum absolute atomic E-state index is 0.201. The Hall–Kier alpha value is -2.96. The average Bonchev–Trinajstić information content (AvgIpc) is 3.00. The largest absolute Gasteiger partial charge is 0.341 e. The zero-order valence-electron chi connectivity index (χ0n) is 14.5. The van der Waals surface area contributed by atoms with E-state index >= 15 is 0 Å². The zero-order valence-corrected chi connectivity index (χ0v) is 14.5. The van der Waals surface area contributed by atoms with Gasteiger partial charge in [-0.3, -0.25) is 9.59 Å². The summed E-state index contributed by atoms with van der Waals surface area (Å²) in [5, 5.41) is 6.98. The Labute approximate surface area is 145 Å². The van der Waals surface area contributed by atoms with Crippen LogP contribution in [0.1, 0.15) is 42.6 Å². The van der Waals surface area contributed by atoms with Crippen LogP contribution in [0.15, 0.2) is 41.2 Å². The molecular weight excluding hydrogens is 318 g/mol. The van der Waals surface area contributed by atoms with Gasteiger partial charge in [0.15, 0.2) is 0 Å². The summed E-state index contributed by atoms with van der Waals surface area (Å²) < 4.78 is 1.15. The van der Waals surface area contributed by atoms with Gasteiger partial charge in [-0.25, -0.2) is 9.67 Å². The number of imidazole rings is 1. The summed E-state index contributed by atoms with van der Waals surface area (Å²) in [6.45, 7) is 4.18. The number of carbonyl (C=O) groups is 1. The number of aromatic nitrogens is 4. The molecule has 1 aromatic carbocycles. The number of carbonyl (C=O) groups excluding carboxylic acids is 1. The van der Waals surface area contributed by atoms with Gasteiger partial charge in [0.1, 0.15) is 11.5 Å². The standard InChI is InChI=1S/C18H21N5O2/c1-11(2)10-15(17-19-12-6-4-5-7-13(12)20-17)21-18(25)14-8-9-16(24)23(3)22-14/h4-9,11,15H,10H2,1-3H3,(H,19,20)(H,21,25)/t15-/m1/s1. The van der Waals surface area contributed by atoms with E-state index in [0.29, 0.717) is 11.7 Å². The molecule has 0 aliphatic carbocycles. The molecule has 0 bridgehead atoms. The molecule has 1 atom stereocenters. The number of nitrogens with zero attached hydrogens (tertiary/aromatic N) is 3. The number of aromatic amines is 1. The third-order valence-electron chi connectivity index (χ3n) is 3.94. The molecule has 0 saturated heterocycles. The second-order valence-corrected chi connectivity index (χ2v) is 6.48. The van der Waals surface area contributed by atoms with E-state index in [1.807, 2.05) is 24.3 Å². The molecule has 0 unspecified atom stereocenters. The van der Waals surface area contributed by atoms with Gasteiger partial charge in [0.05, 0.1) is 17.1 Å². The molecular formula is C18H21N5O2. The maximum atomic E-state index is 12.6. The van der Waals surface area contributed by atoms with Gasteiger partial charge >= 0.3 is 0 Å². The summed E-state index contributed by atoms with van der Waals surface area (Å²) in [6, 6.07) is 10.3. The van der Waals surface area contributed by atoms with Crippen LogP contribution in [0.4, 0.5) is 0 Å². The Morgan fingerprint density at radius 1 is 1.24 bits per heavy atom. The Morgan fingerprint density at radius 3 is 2.68 bits per heavy atom. The van der Waals surface area contributed by atoms with E-state index < -0.39 is 0 Å². The van der Waals surface area contributed by atoms with Crippen LogP contribution in [0.3, 0.4) is 0 Å². The van der Waals surface area contributed by atoms with Gasteiger partial charge in [-0.2, -0.15) is 5.10 Å². The summed E-state index contributed by atoms with van der Waals surface area (Å²) in [4.78, 5) is 31.9. The highest BCUT2D eigenvalue weighted by atomic mass is 16.2. The van der Waals surface area contributed by atoms with Crippen molar-refractivity contribution in [3.05, 3.63) is 58.3 Å². The summed E-state index contributed by atoms with van der Waals surface area (Å²) in [6.07, 6.45) is 0.733. The van der Waals surface area contributed by atoms with Gasteiger partial charge < -0.3 is 10.3 Å². The molecule has 0 radical (unpaired) electrons. The highest BCUT2D eigenvalue weighted by Crippen LogP contribution is 2.22. The minimum atomic E-state index is -0.332. The van der Waals surface area contributed by atoms with Gasteiger partial charge in [0.2, 0.25) is 0 Å². The summed E-state index contributed by atoms with van der Waals surface area (Å²) in [7, 11) is 1.52. The Bertz CT molecular complexity index is 924. The van der Waals surface area contributed by atoms with E-state index in [2.05, 4.69) is 34.2 Å². The van der Waals surface area contributed by atoms with Crippen molar-refractivity contribution < 1.29 is 4.79 Å². The van der Waals surface area contributed by atoms with E-state index in [1.165, 1.54) is 19.2 Å². The van der Waals surface area contributed by atoms with Crippen LogP contribution >= 0.6 is 0 Å². The fraction of sp³-hybridized carbons (Fsp3) is 0.333. The summed E-state index contributed by atoms with van der Waals surface area (Å²) in [5.74, 6) is 0.751. The molecule has 0 spiro atoms. The first-order valence-electron chi connectivity index (χ1n) is 8.24. The number of hydrogen-bond donors (Lipinski definition) is 2. The third-order valence-corrected chi connectivity index (χ3v) is 3.94. The Kier molecular flexibility index (Phi) is 4.65. The predicted octanol–water partition coefficient (Wildman–Crippen LogP) is 2.17. The van der Waals surface area contributed by atoms with Crippen molar-refractivity contribution in [2.24, 2.45) is 13.0 Å². The average molecular weight is 339 g/mol. The number of H-pyrrole nitrogens is 1. The number of benzene rings is 1. The van der Waals surface area contributed by atoms with Gasteiger partial charge in [0.25, 0.3) is 11.5 Å². The number of para-hydroxylation sites is 2. The number of nitrogens with one attached hydrogen (secondary N) is 2. The lowest BCUT2D eigenvalue weighted by Crippen LogP contribution is -2.32. The quantitative estimate of drug-likeness (QED) is 0.745. The minimum Gasteiger partial charge on any atom is -0.341 e. The Balaban J connectivity index is 1.88. The van der Waals surface area contributed by atoms with Crippen molar-refractivity contribution in [1.29, 1.82) is 0 Å². The van der Waals surface area contributed by atoms with E-state index in [9.17, 15) is 9.59 Å². The van der Waals surface area contributed by atoms with E-state index in [1.54, 1.807) is 0 Å². The summed E-state index contributed by atoms with van der Waals surface area (Å²) in [5.41, 5.74) is 1.74. The fourth-order valence-corrected chi connectivity index (χ4v) is 2.70. The van der Waals surface area contributed by atoms with Crippen LogP contribution in [0.25, 0.3) is 11.0 Å². The first-order valence-corrected chi connectivity index (χ1v) is 8.24. The van der Waals surface area contributed by atoms with Crippen LogP contribution in [-0.4, -0.2) is 25.7 Å². The number of aryl methyl sites for hydroxylation is 1. The van der Waals surface area contributed by atoms with Crippen molar-refractivity contribution in [3.8, 4) is 0 Å². The summed E-state index contributed by atoms with van der Waals surface area (Å²) >= 11 is 0. The van der Waals surface area contributed by atoms with Crippen molar-refractivity contribution in [2.75, 3.05) is 0 Å². The maximum absolute atomic E-state index is 12.6. The van der Waals surface area contributed by atoms with Crippen LogP contribution in [0.5, 0.6) is 0 Å². The third kappa shape index (κ3) is 3.76. The normalized spacial score (nSPS) is 12.5. The smallest absolute Gasteiger partial charge is 0.272 e. The van der Waals surface area contributed by atoms with Crippen molar-refractivity contribution in [1.82, 2.24) is 25.1 Å². The van der Waals surface area contributed by atoms with E-state index in [0.717, 1.165) is 22.1 Å². The molecule has 0 fully saturated rings. The van der Waals surface area contributed by atoms with Crippen LogP contribution in [0.2, 0.25) is 0 Å². The van der Waals surface area contributed by atoms with Gasteiger partial charge in [0, 0.05) is 13.1 Å². The number of fused-ring (bicyclic) bond motifs is 1. The van der Waals surface area contributed by atoms with Crippen molar-refractivity contribution in [2.45, 2.75) is 26.3 Å². The second-order valence-electron chi connectivity index (χ2n) is 6.48. The molecule has 0 aliphatic heterocycles. The van der Waals surface area contributed by atoms with Gasteiger partial charge in [-0.05, 0) is 30.5 Å². The highest BCUT2D eigenvalue weighted by molar-refractivity contribution is 5.92. The lowest BCUT2D eigenvalue weighted by atomic mass is 10.0. The number of rotatable bonds is 5. The maximum Gasteiger partial charge on any atom is 0.272 e. The van der Waals surface area contributed by atoms with Crippen LogP contribution < -0.4 is 10.9 Å². The predicted molar refractivity (Wildman–Crippen MR) is 95.2 cm³/mol. The zero-order chi connectivity index (χ0) is 18.0. The molecule has 130 valence electrons. The molecule has 7 heteroatoms. The van der Waals surface area contributed by atoms with Crippen LogP contribution in [0, 0.1) is 5.92 Å². The SMILES string of the molecule is CC(C)C[C@@H](NC(=O)c1ccc(=O)n(C)n1)c1nc2ccccc2[nH]1. The molecule has 2 N–H and O–H groups in total. The molecule has 25 heavy (non-hydrogen) atoms. The fourth-order valence-electron chi connectivity index (χ4n) is 2.70. The molecule has 2 heterocycles. The molecule has 0 aliphatic rings.